The first-order chi connectivity index (χ1) is 11.5. The van der Waals surface area contributed by atoms with E-state index in [0.29, 0.717) is 13.1 Å². The molecule has 2 aromatic rings. The highest BCUT2D eigenvalue weighted by Gasteiger charge is 2.22. The van der Waals surface area contributed by atoms with Crippen molar-refractivity contribution < 1.29 is 9.18 Å². The van der Waals surface area contributed by atoms with E-state index in [4.69, 9.17) is 0 Å². The van der Waals surface area contributed by atoms with Crippen LogP contribution in [0.5, 0.6) is 0 Å². The molecular formula is C20H23FN2O. The summed E-state index contributed by atoms with van der Waals surface area (Å²) >= 11 is 0. The number of carbonyl (C=O) groups excluding carboxylic acids is 1. The maximum absolute atomic E-state index is 13.2. The van der Waals surface area contributed by atoms with Gasteiger partial charge in [-0.15, -0.1) is 0 Å². The number of piperazine rings is 1. The van der Waals surface area contributed by atoms with Gasteiger partial charge in [0.1, 0.15) is 5.82 Å². The Morgan fingerprint density at radius 1 is 1.04 bits per heavy atom. The average molecular weight is 326 g/mol. The highest BCUT2D eigenvalue weighted by molar-refractivity contribution is 5.79. The van der Waals surface area contributed by atoms with Crippen LogP contribution in [0.2, 0.25) is 0 Å². The van der Waals surface area contributed by atoms with Gasteiger partial charge < -0.3 is 9.80 Å². The fraction of sp³-hybridized carbons (Fsp3) is 0.350. The summed E-state index contributed by atoms with van der Waals surface area (Å²) in [5.74, 6) is -0.221. The number of hydrogen-bond donors (Lipinski definition) is 0. The number of rotatable bonds is 3. The highest BCUT2D eigenvalue weighted by Crippen LogP contribution is 2.22. The number of hydrogen-bond acceptors (Lipinski definition) is 2. The molecular weight excluding hydrogens is 303 g/mol. The molecule has 0 saturated carbocycles. The van der Waals surface area contributed by atoms with E-state index in [2.05, 4.69) is 36.9 Å². The Kier molecular flexibility index (Phi) is 4.84. The second-order valence-corrected chi connectivity index (χ2v) is 6.46. The van der Waals surface area contributed by atoms with Gasteiger partial charge in [-0.2, -0.15) is 0 Å². The predicted octanol–water partition coefficient (Wildman–Crippen LogP) is 3.33. The van der Waals surface area contributed by atoms with Gasteiger partial charge in [-0.25, -0.2) is 4.39 Å². The standard InChI is InChI=1S/C20H23FN2O/c1-15-6-7-19(16(2)12-15)22-8-10-23(11-9-22)20(24)14-17-4-3-5-18(21)13-17/h3-7,12-13H,8-11,14H2,1-2H3. The minimum absolute atomic E-state index is 0.0703. The monoisotopic (exact) mass is 326 g/mol. The van der Waals surface area contributed by atoms with Crippen LogP contribution < -0.4 is 4.90 Å². The molecule has 0 aromatic heterocycles. The molecule has 24 heavy (non-hydrogen) atoms. The molecule has 2 aromatic carbocycles. The lowest BCUT2D eigenvalue weighted by atomic mass is 10.1. The zero-order valence-corrected chi connectivity index (χ0v) is 14.3. The molecule has 1 aliphatic heterocycles. The molecule has 0 bridgehead atoms. The first kappa shape index (κ1) is 16.5. The van der Waals surface area contributed by atoms with Crippen LogP contribution in [0.4, 0.5) is 10.1 Å². The Morgan fingerprint density at radius 2 is 1.79 bits per heavy atom. The lowest BCUT2D eigenvalue weighted by Crippen LogP contribution is -2.49. The number of nitrogens with zero attached hydrogens (tertiary/aromatic N) is 2. The van der Waals surface area contributed by atoms with Crippen LogP contribution >= 0.6 is 0 Å². The van der Waals surface area contributed by atoms with Crippen LogP contribution in [0.25, 0.3) is 0 Å². The summed E-state index contributed by atoms with van der Waals surface area (Å²) in [6.07, 6.45) is 0.265. The van der Waals surface area contributed by atoms with Crippen LogP contribution in [-0.2, 0) is 11.2 Å². The van der Waals surface area contributed by atoms with Gasteiger partial charge in [-0.05, 0) is 43.2 Å². The zero-order chi connectivity index (χ0) is 17.1. The lowest BCUT2D eigenvalue weighted by molar-refractivity contribution is -0.130. The van der Waals surface area contributed by atoms with E-state index in [1.807, 2.05) is 4.90 Å². The number of carbonyl (C=O) groups is 1. The molecule has 1 aliphatic rings. The summed E-state index contributed by atoms with van der Waals surface area (Å²) in [6.45, 7) is 7.31. The Morgan fingerprint density at radius 3 is 2.46 bits per heavy atom. The third kappa shape index (κ3) is 3.75. The van der Waals surface area contributed by atoms with Gasteiger partial charge >= 0.3 is 0 Å². The molecule has 0 aliphatic carbocycles. The SMILES string of the molecule is Cc1ccc(N2CCN(C(=O)Cc3cccc(F)c3)CC2)c(C)c1. The van der Waals surface area contributed by atoms with Crippen molar-refractivity contribution in [2.45, 2.75) is 20.3 Å². The molecule has 0 unspecified atom stereocenters. The van der Waals surface area contributed by atoms with Gasteiger partial charge in [0.15, 0.2) is 0 Å². The molecule has 1 fully saturated rings. The topological polar surface area (TPSA) is 23.6 Å². The molecule has 0 radical (unpaired) electrons. The van der Waals surface area contributed by atoms with Crippen molar-refractivity contribution in [3.05, 3.63) is 65.0 Å². The van der Waals surface area contributed by atoms with E-state index < -0.39 is 0 Å². The zero-order valence-electron chi connectivity index (χ0n) is 14.3. The number of benzene rings is 2. The minimum Gasteiger partial charge on any atom is -0.368 e. The number of aryl methyl sites for hydroxylation is 2. The van der Waals surface area contributed by atoms with Crippen molar-refractivity contribution in [3.63, 3.8) is 0 Å². The van der Waals surface area contributed by atoms with E-state index in [0.717, 1.165) is 18.7 Å². The number of halogens is 1. The Bertz CT molecular complexity index is 736. The molecule has 1 heterocycles. The van der Waals surface area contributed by atoms with Crippen LogP contribution in [-0.4, -0.2) is 37.0 Å². The van der Waals surface area contributed by atoms with E-state index in [-0.39, 0.29) is 18.1 Å². The first-order valence-corrected chi connectivity index (χ1v) is 8.37. The largest absolute Gasteiger partial charge is 0.368 e. The molecule has 0 spiro atoms. The van der Waals surface area contributed by atoms with Crippen LogP contribution in [0.15, 0.2) is 42.5 Å². The van der Waals surface area contributed by atoms with Gasteiger partial charge in [0.05, 0.1) is 6.42 Å². The van der Waals surface area contributed by atoms with Gasteiger partial charge in [-0.3, -0.25) is 4.79 Å². The predicted molar refractivity (Wildman–Crippen MR) is 94.8 cm³/mol. The fourth-order valence-corrected chi connectivity index (χ4v) is 3.29. The molecule has 126 valence electrons. The van der Waals surface area contributed by atoms with Crippen LogP contribution in [0.3, 0.4) is 0 Å². The summed E-state index contributed by atoms with van der Waals surface area (Å²) in [5.41, 5.74) is 4.52. The van der Waals surface area contributed by atoms with Gasteiger partial charge in [-0.1, -0.05) is 29.8 Å². The Labute approximate surface area is 142 Å². The lowest BCUT2D eigenvalue weighted by Gasteiger charge is -2.37. The van der Waals surface area contributed by atoms with E-state index in [1.165, 1.54) is 28.9 Å². The first-order valence-electron chi connectivity index (χ1n) is 8.37. The van der Waals surface area contributed by atoms with E-state index in [1.54, 1.807) is 12.1 Å². The summed E-state index contributed by atoms with van der Waals surface area (Å²) in [4.78, 5) is 16.6. The molecule has 0 atom stereocenters. The minimum atomic E-state index is -0.292. The summed E-state index contributed by atoms with van der Waals surface area (Å²) < 4.78 is 13.2. The number of amides is 1. The van der Waals surface area contributed by atoms with E-state index >= 15 is 0 Å². The summed E-state index contributed by atoms with van der Waals surface area (Å²) in [7, 11) is 0. The fourth-order valence-electron chi connectivity index (χ4n) is 3.29. The quantitative estimate of drug-likeness (QED) is 0.864. The van der Waals surface area contributed by atoms with Crippen molar-refractivity contribution in [1.29, 1.82) is 0 Å². The smallest absolute Gasteiger partial charge is 0.227 e. The molecule has 3 nitrogen and oxygen atoms in total. The number of anilines is 1. The molecule has 4 heteroatoms. The Hall–Kier alpha value is -2.36. The van der Waals surface area contributed by atoms with Gasteiger partial charge in [0.25, 0.3) is 0 Å². The third-order valence-corrected chi connectivity index (χ3v) is 4.57. The van der Waals surface area contributed by atoms with Crippen molar-refractivity contribution in [2.75, 3.05) is 31.1 Å². The second kappa shape index (κ2) is 7.04. The van der Waals surface area contributed by atoms with Crippen molar-refractivity contribution in [2.24, 2.45) is 0 Å². The molecule has 1 saturated heterocycles. The normalized spacial score (nSPS) is 14.8. The molecule has 1 amide bonds. The van der Waals surface area contributed by atoms with Crippen LogP contribution in [0, 0.1) is 19.7 Å². The van der Waals surface area contributed by atoms with Crippen molar-refractivity contribution >= 4 is 11.6 Å². The third-order valence-electron chi connectivity index (χ3n) is 4.57. The highest BCUT2D eigenvalue weighted by atomic mass is 19.1. The van der Waals surface area contributed by atoms with Crippen molar-refractivity contribution in [3.8, 4) is 0 Å². The van der Waals surface area contributed by atoms with Gasteiger partial charge in [0.2, 0.25) is 5.91 Å². The van der Waals surface area contributed by atoms with E-state index in [9.17, 15) is 9.18 Å². The summed E-state index contributed by atoms with van der Waals surface area (Å²) in [6, 6.07) is 12.8. The average Bonchev–Trinajstić information content (AvgIpc) is 2.55. The maximum atomic E-state index is 13.2. The maximum Gasteiger partial charge on any atom is 0.227 e. The molecule has 3 rings (SSSR count). The van der Waals surface area contributed by atoms with Crippen LogP contribution in [0.1, 0.15) is 16.7 Å². The van der Waals surface area contributed by atoms with Crippen molar-refractivity contribution in [1.82, 2.24) is 4.90 Å². The molecule has 0 N–H and O–H groups in total. The Balaban J connectivity index is 1.59. The van der Waals surface area contributed by atoms with Gasteiger partial charge in [0, 0.05) is 31.9 Å². The second-order valence-electron chi connectivity index (χ2n) is 6.46. The summed E-state index contributed by atoms with van der Waals surface area (Å²) in [5, 5.41) is 0.